The number of likely N-dealkylation sites (N-methyl/N-ethyl adjacent to an activating group) is 1. The van der Waals surface area contributed by atoms with E-state index >= 15 is 0 Å². The molecule has 3 heterocycles. The van der Waals surface area contributed by atoms with Crippen LogP contribution in [0.1, 0.15) is 12.8 Å². The Hall–Kier alpha value is -3.07. The van der Waals surface area contributed by atoms with Crippen LogP contribution in [0.15, 0.2) is 54.9 Å². The maximum absolute atomic E-state index is 9.92. The van der Waals surface area contributed by atoms with E-state index in [4.69, 9.17) is 14.7 Å². The van der Waals surface area contributed by atoms with Crippen LogP contribution in [0, 0.1) is 0 Å². The summed E-state index contributed by atoms with van der Waals surface area (Å²) in [6, 6.07) is 13.9. The van der Waals surface area contributed by atoms with Gasteiger partial charge in [0.2, 0.25) is 0 Å². The van der Waals surface area contributed by atoms with Gasteiger partial charge in [-0.05, 0) is 57.2 Å². The summed E-state index contributed by atoms with van der Waals surface area (Å²) >= 11 is 0. The predicted molar refractivity (Wildman–Crippen MR) is 126 cm³/mol. The topological polar surface area (TPSA) is 104 Å². The molecule has 0 radical (unpaired) electrons. The standard InChI is InChI=1S/C24H30N6O2/c1-25-15-20(31)16-32-21-4-2-3-18(13-21)24-29-22(17-5-9-26-10-6-17)14-23(30-24)28-19-7-11-27-12-8-19/h2-6,9-10,13-14,19-20,25,27,31H,7-8,11-12,15-16H2,1H3,(H,28,29,30). The van der Waals surface area contributed by atoms with Gasteiger partial charge < -0.3 is 25.8 Å². The Morgan fingerprint density at radius 1 is 1.09 bits per heavy atom. The highest BCUT2D eigenvalue weighted by Crippen LogP contribution is 2.27. The monoisotopic (exact) mass is 434 g/mol. The molecule has 0 spiro atoms. The van der Waals surface area contributed by atoms with Gasteiger partial charge in [-0.2, -0.15) is 0 Å². The Morgan fingerprint density at radius 2 is 1.91 bits per heavy atom. The number of aromatic nitrogens is 3. The van der Waals surface area contributed by atoms with Crippen molar-refractivity contribution in [1.29, 1.82) is 0 Å². The quantitative estimate of drug-likeness (QED) is 0.407. The normalized spacial score (nSPS) is 15.3. The first kappa shape index (κ1) is 22.1. The van der Waals surface area contributed by atoms with Crippen LogP contribution >= 0.6 is 0 Å². The number of piperidine rings is 1. The maximum atomic E-state index is 9.92. The molecule has 1 aromatic carbocycles. The molecule has 1 fully saturated rings. The van der Waals surface area contributed by atoms with Crippen LogP contribution in [0.3, 0.4) is 0 Å². The second-order valence-corrected chi connectivity index (χ2v) is 7.92. The van der Waals surface area contributed by atoms with Crippen LogP contribution in [0.4, 0.5) is 5.82 Å². The summed E-state index contributed by atoms with van der Waals surface area (Å²) in [5, 5.41) is 19.8. The first-order valence-electron chi connectivity index (χ1n) is 11.0. The molecule has 32 heavy (non-hydrogen) atoms. The molecule has 1 saturated heterocycles. The van der Waals surface area contributed by atoms with Crippen LogP contribution in [-0.4, -0.2) is 65.5 Å². The van der Waals surface area contributed by atoms with E-state index in [-0.39, 0.29) is 6.61 Å². The van der Waals surface area contributed by atoms with Crippen LogP contribution in [-0.2, 0) is 0 Å². The highest BCUT2D eigenvalue weighted by molar-refractivity contribution is 5.68. The molecular weight excluding hydrogens is 404 g/mol. The molecule has 0 bridgehead atoms. The molecule has 4 N–H and O–H groups in total. The van der Waals surface area contributed by atoms with E-state index < -0.39 is 6.10 Å². The summed E-state index contributed by atoms with van der Waals surface area (Å²) in [6.45, 7) is 2.70. The molecule has 0 aliphatic carbocycles. The molecule has 3 aromatic rings. The minimum absolute atomic E-state index is 0.213. The zero-order chi connectivity index (χ0) is 22.2. The van der Waals surface area contributed by atoms with Crippen LogP contribution in [0.25, 0.3) is 22.6 Å². The average molecular weight is 435 g/mol. The van der Waals surface area contributed by atoms with Crippen molar-refractivity contribution in [2.45, 2.75) is 25.0 Å². The van der Waals surface area contributed by atoms with Crippen molar-refractivity contribution in [3.63, 3.8) is 0 Å². The number of hydrogen-bond acceptors (Lipinski definition) is 8. The summed E-state index contributed by atoms with van der Waals surface area (Å²) in [5.41, 5.74) is 2.68. The van der Waals surface area contributed by atoms with Gasteiger partial charge in [0, 0.05) is 42.2 Å². The third-order valence-corrected chi connectivity index (χ3v) is 5.37. The number of rotatable bonds is 9. The van der Waals surface area contributed by atoms with Crippen molar-refractivity contribution in [3.8, 4) is 28.4 Å². The Bertz CT molecular complexity index is 995. The summed E-state index contributed by atoms with van der Waals surface area (Å²) in [4.78, 5) is 13.8. The van der Waals surface area contributed by atoms with Crippen molar-refractivity contribution in [2.75, 3.05) is 38.6 Å². The molecular formula is C24H30N6O2. The Balaban J connectivity index is 1.62. The van der Waals surface area contributed by atoms with Crippen molar-refractivity contribution in [3.05, 3.63) is 54.9 Å². The average Bonchev–Trinajstić information content (AvgIpc) is 2.84. The molecule has 1 unspecified atom stereocenters. The van der Waals surface area contributed by atoms with Crippen LogP contribution in [0.5, 0.6) is 5.75 Å². The second-order valence-electron chi connectivity index (χ2n) is 7.92. The summed E-state index contributed by atoms with van der Waals surface area (Å²) < 4.78 is 5.77. The van der Waals surface area contributed by atoms with E-state index in [9.17, 15) is 5.11 Å². The molecule has 1 aliphatic rings. The number of aliphatic hydroxyl groups excluding tert-OH is 1. The van der Waals surface area contributed by atoms with Crippen molar-refractivity contribution in [2.24, 2.45) is 0 Å². The zero-order valence-corrected chi connectivity index (χ0v) is 18.3. The molecule has 1 atom stereocenters. The third kappa shape index (κ3) is 6.00. The smallest absolute Gasteiger partial charge is 0.162 e. The van der Waals surface area contributed by atoms with Gasteiger partial charge in [-0.25, -0.2) is 9.97 Å². The van der Waals surface area contributed by atoms with E-state index in [0.29, 0.717) is 24.2 Å². The van der Waals surface area contributed by atoms with E-state index in [0.717, 1.165) is 48.6 Å². The highest BCUT2D eigenvalue weighted by Gasteiger charge is 2.16. The zero-order valence-electron chi connectivity index (χ0n) is 18.3. The minimum atomic E-state index is -0.573. The molecule has 0 amide bonds. The number of benzene rings is 1. The van der Waals surface area contributed by atoms with E-state index in [2.05, 4.69) is 20.9 Å². The molecule has 4 rings (SSSR count). The van der Waals surface area contributed by atoms with Gasteiger partial charge in [-0.15, -0.1) is 0 Å². The van der Waals surface area contributed by atoms with Crippen molar-refractivity contribution in [1.82, 2.24) is 25.6 Å². The van der Waals surface area contributed by atoms with Crippen LogP contribution < -0.4 is 20.7 Å². The number of ether oxygens (including phenoxy) is 1. The maximum Gasteiger partial charge on any atom is 0.162 e. The molecule has 0 saturated carbocycles. The second kappa shape index (κ2) is 11.0. The van der Waals surface area contributed by atoms with E-state index in [1.165, 1.54) is 0 Å². The van der Waals surface area contributed by atoms with E-state index in [1.807, 2.05) is 42.5 Å². The molecule has 168 valence electrons. The largest absolute Gasteiger partial charge is 0.491 e. The van der Waals surface area contributed by atoms with Gasteiger partial charge in [0.15, 0.2) is 5.82 Å². The lowest BCUT2D eigenvalue weighted by Crippen LogP contribution is -2.35. The van der Waals surface area contributed by atoms with E-state index in [1.54, 1.807) is 19.4 Å². The van der Waals surface area contributed by atoms with Crippen molar-refractivity contribution < 1.29 is 9.84 Å². The number of aliphatic hydroxyl groups is 1. The van der Waals surface area contributed by atoms with Gasteiger partial charge >= 0.3 is 0 Å². The Kier molecular flexibility index (Phi) is 7.60. The first-order valence-corrected chi connectivity index (χ1v) is 11.0. The Morgan fingerprint density at radius 3 is 2.69 bits per heavy atom. The number of nitrogens with zero attached hydrogens (tertiary/aromatic N) is 3. The van der Waals surface area contributed by atoms with Gasteiger partial charge in [0.05, 0.1) is 5.69 Å². The fraction of sp³-hybridized carbons (Fsp3) is 0.375. The molecule has 2 aromatic heterocycles. The number of hydrogen-bond donors (Lipinski definition) is 4. The van der Waals surface area contributed by atoms with Crippen LogP contribution in [0.2, 0.25) is 0 Å². The molecule has 1 aliphatic heterocycles. The summed E-state index contributed by atoms with van der Waals surface area (Å²) in [7, 11) is 1.80. The lowest BCUT2D eigenvalue weighted by molar-refractivity contribution is 0.108. The lowest BCUT2D eigenvalue weighted by atomic mass is 10.1. The SMILES string of the molecule is CNCC(O)COc1cccc(-c2nc(NC3CCNCC3)cc(-c3ccncc3)n2)c1. The summed E-state index contributed by atoms with van der Waals surface area (Å²) in [6.07, 6.45) is 5.07. The van der Waals surface area contributed by atoms with Gasteiger partial charge in [0.1, 0.15) is 24.3 Å². The minimum Gasteiger partial charge on any atom is -0.491 e. The third-order valence-electron chi connectivity index (χ3n) is 5.37. The van der Waals surface area contributed by atoms with Gasteiger partial charge in [0.25, 0.3) is 0 Å². The fourth-order valence-electron chi connectivity index (χ4n) is 3.71. The van der Waals surface area contributed by atoms with Gasteiger partial charge in [-0.1, -0.05) is 12.1 Å². The predicted octanol–water partition coefficient (Wildman–Crippen LogP) is 2.33. The van der Waals surface area contributed by atoms with Gasteiger partial charge in [-0.3, -0.25) is 4.98 Å². The molecule has 8 heteroatoms. The summed E-state index contributed by atoms with van der Waals surface area (Å²) in [5.74, 6) is 2.10. The number of nitrogens with one attached hydrogen (secondary N) is 3. The number of pyridine rings is 1. The lowest BCUT2D eigenvalue weighted by Gasteiger charge is -2.24. The van der Waals surface area contributed by atoms with Crippen molar-refractivity contribution >= 4 is 5.82 Å². The first-order chi connectivity index (χ1) is 15.7. The highest BCUT2D eigenvalue weighted by atomic mass is 16.5. The Labute approximate surface area is 188 Å². The number of anilines is 1. The fourth-order valence-corrected chi connectivity index (χ4v) is 3.71. The molecule has 8 nitrogen and oxygen atoms in total.